The Labute approximate surface area is 114 Å². The van der Waals surface area contributed by atoms with E-state index in [0.717, 1.165) is 3.57 Å². The zero-order valence-electron chi connectivity index (χ0n) is 9.23. The van der Waals surface area contributed by atoms with Crippen molar-refractivity contribution in [3.8, 4) is 0 Å². The molecule has 0 aromatic heterocycles. The molecular weight excluding hydrogens is 355 g/mol. The Morgan fingerprint density at radius 2 is 2.00 bits per heavy atom. The second kappa shape index (κ2) is 6.31. The standard InChI is InChI=1S/C10H13IN2O3S/c1-12-17(15,16)7-6-13-10(14)8-4-2-3-5-9(8)11/h2-5,12H,6-7H2,1H3,(H,13,14). The lowest BCUT2D eigenvalue weighted by Gasteiger charge is -2.06. The molecule has 0 unspecified atom stereocenters. The van der Waals surface area contributed by atoms with Crippen LogP contribution in [0.1, 0.15) is 10.4 Å². The lowest BCUT2D eigenvalue weighted by molar-refractivity contribution is 0.0955. The van der Waals surface area contributed by atoms with Gasteiger partial charge in [0.25, 0.3) is 5.91 Å². The summed E-state index contributed by atoms with van der Waals surface area (Å²) in [6.45, 7) is 0.0903. The summed E-state index contributed by atoms with van der Waals surface area (Å²) in [6, 6.07) is 7.12. The van der Waals surface area contributed by atoms with Gasteiger partial charge in [0.05, 0.1) is 11.3 Å². The van der Waals surface area contributed by atoms with E-state index in [2.05, 4.69) is 32.6 Å². The number of sulfonamides is 1. The monoisotopic (exact) mass is 368 g/mol. The van der Waals surface area contributed by atoms with Gasteiger partial charge in [0.2, 0.25) is 10.0 Å². The number of carbonyl (C=O) groups is 1. The molecule has 2 N–H and O–H groups in total. The Morgan fingerprint density at radius 3 is 2.59 bits per heavy atom. The van der Waals surface area contributed by atoms with Crippen LogP contribution < -0.4 is 10.0 Å². The number of halogens is 1. The summed E-state index contributed by atoms with van der Waals surface area (Å²) in [7, 11) is -1.93. The third-order valence-electron chi connectivity index (χ3n) is 2.09. The van der Waals surface area contributed by atoms with Crippen LogP contribution in [0, 0.1) is 3.57 Å². The number of hydrogen-bond donors (Lipinski definition) is 2. The molecule has 1 aromatic rings. The number of benzene rings is 1. The van der Waals surface area contributed by atoms with Crippen molar-refractivity contribution in [3.05, 3.63) is 33.4 Å². The highest BCUT2D eigenvalue weighted by molar-refractivity contribution is 14.1. The van der Waals surface area contributed by atoms with Crippen LogP contribution in [0.2, 0.25) is 0 Å². The zero-order chi connectivity index (χ0) is 12.9. The van der Waals surface area contributed by atoms with E-state index in [1.807, 2.05) is 12.1 Å². The van der Waals surface area contributed by atoms with E-state index in [-0.39, 0.29) is 18.2 Å². The third-order valence-corrected chi connectivity index (χ3v) is 4.39. The van der Waals surface area contributed by atoms with E-state index < -0.39 is 10.0 Å². The summed E-state index contributed by atoms with van der Waals surface area (Å²) in [5.74, 6) is -0.389. The first-order valence-corrected chi connectivity index (χ1v) is 7.63. The number of nitrogens with one attached hydrogen (secondary N) is 2. The van der Waals surface area contributed by atoms with Crippen LogP contribution in [-0.4, -0.2) is 33.7 Å². The van der Waals surface area contributed by atoms with Crippen LogP contribution in [0.5, 0.6) is 0 Å². The molecule has 5 nitrogen and oxygen atoms in total. The van der Waals surface area contributed by atoms with Gasteiger partial charge < -0.3 is 5.32 Å². The molecule has 7 heteroatoms. The molecule has 0 atom stereocenters. The minimum atomic E-state index is -3.27. The molecule has 94 valence electrons. The molecular formula is C10H13IN2O3S. The summed E-state index contributed by atoms with van der Waals surface area (Å²) >= 11 is 2.06. The lowest BCUT2D eigenvalue weighted by Crippen LogP contribution is -2.33. The number of rotatable bonds is 5. The molecule has 0 saturated heterocycles. The molecule has 0 aliphatic rings. The second-order valence-electron chi connectivity index (χ2n) is 3.26. The van der Waals surface area contributed by atoms with Gasteiger partial charge in [0.1, 0.15) is 0 Å². The Morgan fingerprint density at radius 1 is 1.35 bits per heavy atom. The molecule has 0 spiro atoms. The molecule has 1 amide bonds. The first-order chi connectivity index (χ1) is 7.96. The first kappa shape index (κ1) is 14.4. The van der Waals surface area contributed by atoms with Crippen molar-refractivity contribution < 1.29 is 13.2 Å². The Bertz CT molecular complexity index is 502. The van der Waals surface area contributed by atoms with Crippen molar-refractivity contribution in [2.24, 2.45) is 0 Å². The molecule has 0 bridgehead atoms. The highest BCUT2D eigenvalue weighted by Gasteiger charge is 2.11. The molecule has 1 rings (SSSR count). The lowest BCUT2D eigenvalue weighted by atomic mass is 10.2. The van der Waals surface area contributed by atoms with E-state index in [1.54, 1.807) is 12.1 Å². The SMILES string of the molecule is CNS(=O)(=O)CCNC(=O)c1ccccc1I. The Balaban J connectivity index is 2.55. The largest absolute Gasteiger partial charge is 0.351 e. The Kier molecular flexibility index (Phi) is 5.34. The van der Waals surface area contributed by atoms with E-state index in [0.29, 0.717) is 5.56 Å². The van der Waals surface area contributed by atoms with Gasteiger partial charge in [-0.2, -0.15) is 0 Å². The van der Waals surface area contributed by atoms with E-state index in [1.165, 1.54) is 7.05 Å². The topological polar surface area (TPSA) is 75.3 Å². The van der Waals surface area contributed by atoms with Crippen LogP contribution in [0.15, 0.2) is 24.3 Å². The van der Waals surface area contributed by atoms with Crippen molar-refractivity contribution in [2.45, 2.75) is 0 Å². The van der Waals surface area contributed by atoms with Crippen LogP contribution in [0.4, 0.5) is 0 Å². The minimum absolute atomic E-state index is 0.0903. The third kappa shape index (κ3) is 4.60. The van der Waals surface area contributed by atoms with Gasteiger partial charge in [0, 0.05) is 10.1 Å². The van der Waals surface area contributed by atoms with Crippen molar-refractivity contribution in [1.29, 1.82) is 0 Å². The number of hydrogen-bond acceptors (Lipinski definition) is 3. The molecule has 0 aliphatic heterocycles. The molecule has 0 saturated carbocycles. The van der Waals surface area contributed by atoms with Crippen LogP contribution in [-0.2, 0) is 10.0 Å². The average Bonchev–Trinajstić information content (AvgIpc) is 2.29. The maximum absolute atomic E-state index is 11.7. The normalized spacial score (nSPS) is 11.2. The van der Waals surface area contributed by atoms with Crippen LogP contribution in [0.25, 0.3) is 0 Å². The molecule has 0 heterocycles. The van der Waals surface area contributed by atoms with Crippen LogP contribution >= 0.6 is 22.6 Å². The summed E-state index contributed by atoms with van der Waals surface area (Å²) in [5.41, 5.74) is 0.551. The Hall–Kier alpha value is -0.670. The van der Waals surface area contributed by atoms with E-state index in [4.69, 9.17) is 0 Å². The van der Waals surface area contributed by atoms with Gasteiger partial charge >= 0.3 is 0 Å². The van der Waals surface area contributed by atoms with Gasteiger partial charge in [-0.1, -0.05) is 12.1 Å². The molecule has 0 aliphatic carbocycles. The molecule has 1 aromatic carbocycles. The average molecular weight is 368 g/mol. The predicted octanol–water partition coefficient (Wildman–Crippen LogP) is 0.570. The van der Waals surface area contributed by atoms with Gasteiger partial charge in [-0.3, -0.25) is 4.79 Å². The minimum Gasteiger partial charge on any atom is -0.351 e. The maximum Gasteiger partial charge on any atom is 0.252 e. The van der Waals surface area contributed by atoms with Crippen LogP contribution in [0.3, 0.4) is 0 Å². The van der Waals surface area contributed by atoms with E-state index in [9.17, 15) is 13.2 Å². The van der Waals surface area contributed by atoms with Crippen molar-refractivity contribution in [1.82, 2.24) is 10.0 Å². The smallest absolute Gasteiger partial charge is 0.252 e. The number of amides is 1. The van der Waals surface area contributed by atoms with Gasteiger partial charge in [0.15, 0.2) is 0 Å². The molecule has 17 heavy (non-hydrogen) atoms. The molecule has 0 radical (unpaired) electrons. The fraction of sp³-hybridized carbons (Fsp3) is 0.300. The molecule has 0 fully saturated rings. The summed E-state index contributed by atoms with van der Waals surface area (Å²) in [6.07, 6.45) is 0. The second-order valence-corrected chi connectivity index (χ2v) is 6.47. The summed E-state index contributed by atoms with van der Waals surface area (Å²) < 4.78 is 25.3. The fourth-order valence-corrected chi connectivity index (χ4v) is 2.35. The quantitative estimate of drug-likeness (QED) is 0.747. The first-order valence-electron chi connectivity index (χ1n) is 4.90. The van der Waals surface area contributed by atoms with Crippen molar-refractivity contribution in [2.75, 3.05) is 19.3 Å². The van der Waals surface area contributed by atoms with Gasteiger partial charge in [-0.25, -0.2) is 13.1 Å². The summed E-state index contributed by atoms with van der Waals surface area (Å²) in [5, 5.41) is 2.57. The fourth-order valence-electron chi connectivity index (χ4n) is 1.14. The van der Waals surface area contributed by atoms with Crippen molar-refractivity contribution >= 4 is 38.5 Å². The maximum atomic E-state index is 11.7. The highest BCUT2D eigenvalue weighted by Crippen LogP contribution is 2.10. The highest BCUT2D eigenvalue weighted by atomic mass is 127. The number of carbonyl (C=O) groups excluding carboxylic acids is 1. The predicted molar refractivity (Wildman–Crippen MR) is 74.3 cm³/mol. The summed E-state index contributed by atoms with van der Waals surface area (Å²) in [4.78, 5) is 11.7. The zero-order valence-corrected chi connectivity index (χ0v) is 12.2. The van der Waals surface area contributed by atoms with Gasteiger partial charge in [-0.05, 0) is 41.8 Å². The van der Waals surface area contributed by atoms with Crippen molar-refractivity contribution in [3.63, 3.8) is 0 Å². The van der Waals surface area contributed by atoms with Gasteiger partial charge in [-0.15, -0.1) is 0 Å². The van der Waals surface area contributed by atoms with E-state index >= 15 is 0 Å².